The molecule has 1 saturated carbocycles. The molecule has 152 valence electrons. The molecule has 5 nitrogen and oxygen atoms in total. The van der Waals surface area contributed by atoms with Crippen molar-refractivity contribution in [3.05, 3.63) is 65.7 Å². The van der Waals surface area contributed by atoms with E-state index in [9.17, 15) is 9.59 Å². The van der Waals surface area contributed by atoms with E-state index in [4.69, 9.17) is 4.74 Å². The van der Waals surface area contributed by atoms with Crippen LogP contribution in [0.5, 0.6) is 5.75 Å². The van der Waals surface area contributed by atoms with Crippen molar-refractivity contribution in [3.8, 4) is 5.75 Å². The summed E-state index contributed by atoms with van der Waals surface area (Å²) >= 11 is 0. The van der Waals surface area contributed by atoms with Crippen molar-refractivity contribution < 1.29 is 14.3 Å². The zero-order valence-electron chi connectivity index (χ0n) is 16.7. The fraction of sp³-hybridized carbons (Fsp3) is 0.375. The summed E-state index contributed by atoms with van der Waals surface area (Å²) in [4.78, 5) is 23.9. The minimum atomic E-state index is -0.259. The third kappa shape index (κ3) is 7.53. The van der Waals surface area contributed by atoms with Gasteiger partial charge >= 0.3 is 5.97 Å². The average Bonchev–Trinajstić information content (AvgIpc) is 2.75. The summed E-state index contributed by atoms with van der Waals surface area (Å²) in [6.07, 6.45) is 9.16. The van der Waals surface area contributed by atoms with Gasteiger partial charge in [0.25, 0.3) is 0 Å². The van der Waals surface area contributed by atoms with Crippen LogP contribution in [-0.2, 0) is 16.0 Å². The van der Waals surface area contributed by atoms with Crippen LogP contribution < -0.4 is 10.2 Å². The van der Waals surface area contributed by atoms with E-state index in [-0.39, 0.29) is 11.9 Å². The number of amides is 1. The highest BCUT2D eigenvalue weighted by Crippen LogP contribution is 2.26. The van der Waals surface area contributed by atoms with Crippen LogP contribution in [-0.4, -0.2) is 18.1 Å². The van der Waals surface area contributed by atoms with Gasteiger partial charge in [0.05, 0.1) is 6.21 Å². The monoisotopic (exact) mass is 392 g/mol. The Morgan fingerprint density at radius 2 is 1.72 bits per heavy atom. The Labute approximate surface area is 172 Å². The van der Waals surface area contributed by atoms with E-state index in [0.717, 1.165) is 24.0 Å². The first kappa shape index (κ1) is 20.8. The lowest BCUT2D eigenvalue weighted by molar-refractivity contribution is -0.134. The van der Waals surface area contributed by atoms with Gasteiger partial charge in [-0.25, -0.2) is 5.43 Å². The minimum absolute atomic E-state index is 0.0304. The zero-order chi connectivity index (χ0) is 20.3. The molecule has 29 heavy (non-hydrogen) atoms. The first-order valence-electron chi connectivity index (χ1n) is 10.4. The maximum Gasteiger partial charge on any atom is 0.311 e. The van der Waals surface area contributed by atoms with Gasteiger partial charge in [0, 0.05) is 12.8 Å². The number of carbonyl (C=O) groups is 2. The lowest BCUT2D eigenvalue weighted by Gasteiger charge is -2.20. The van der Waals surface area contributed by atoms with Crippen LogP contribution in [0.4, 0.5) is 0 Å². The Balaban J connectivity index is 1.39. The SMILES string of the molecule is O=C(CC1CCCCC1)NN=Cc1ccc(OC(=O)CCc2ccccc2)cc1. The third-order valence-electron chi connectivity index (χ3n) is 5.17. The predicted octanol–water partition coefficient (Wildman–Crippen LogP) is 4.65. The maximum atomic E-state index is 12.0. The van der Waals surface area contributed by atoms with Crippen LogP contribution in [0, 0.1) is 5.92 Å². The number of hydrazone groups is 1. The van der Waals surface area contributed by atoms with E-state index >= 15 is 0 Å². The molecule has 1 aliphatic carbocycles. The van der Waals surface area contributed by atoms with E-state index in [2.05, 4.69) is 10.5 Å². The van der Waals surface area contributed by atoms with Crippen molar-refractivity contribution >= 4 is 18.1 Å². The molecule has 2 aromatic carbocycles. The van der Waals surface area contributed by atoms with Crippen LogP contribution in [0.1, 0.15) is 56.1 Å². The molecule has 5 heteroatoms. The number of carbonyl (C=O) groups excluding carboxylic acids is 2. The van der Waals surface area contributed by atoms with Crippen LogP contribution in [0.15, 0.2) is 59.7 Å². The summed E-state index contributed by atoms with van der Waals surface area (Å²) in [5, 5.41) is 4.03. The van der Waals surface area contributed by atoms with Crippen molar-refractivity contribution in [1.29, 1.82) is 0 Å². The molecule has 0 saturated heterocycles. The topological polar surface area (TPSA) is 67.8 Å². The van der Waals surface area contributed by atoms with Gasteiger partial charge in [0.2, 0.25) is 5.91 Å². The average molecular weight is 392 g/mol. The fourth-order valence-electron chi connectivity index (χ4n) is 3.57. The number of nitrogens with zero attached hydrogens (tertiary/aromatic N) is 1. The lowest BCUT2D eigenvalue weighted by atomic mass is 9.87. The zero-order valence-corrected chi connectivity index (χ0v) is 16.7. The van der Waals surface area contributed by atoms with Crippen LogP contribution >= 0.6 is 0 Å². The Kier molecular flexibility index (Phi) is 7.99. The fourth-order valence-corrected chi connectivity index (χ4v) is 3.57. The molecule has 0 heterocycles. The summed E-state index contributed by atoms with van der Waals surface area (Å²) < 4.78 is 5.37. The Morgan fingerprint density at radius 3 is 2.45 bits per heavy atom. The van der Waals surface area contributed by atoms with Gasteiger partial charge in [-0.15, -0.1) is 0 Å². The largest absolute Gasteiger partial charge is 0.427 e. The number of aryl methyl sites for hydroxylation is 1. The molecule has 3 rings (SSSR count). The maximum absolute atomic E-state index is 12.0. The second-order valence-electron chi connectivity index (χ2n) is 7.53. The van der Waals surface area contributed by atoms with Gasteiger partial charge in [-0.1, -0.05) is 49.6 Å². The van der Waals surface area contributed by atoms with E-state index < -0.39 is 0 Å². The number of hydrogen-bond acceptors (Lipinski definition) is 4. The Bertz CT molecular complexity index is 810. The molecule has 0 unspecified atom stereocenters. The molecule has 1 amide bonds. The second-order valence-corrected chi connectivity index (χ2v) is 7.53. The molecule has 2 aromatic rings. The highest BCUT2D eigenvalue weighted by Gasteiger charge is 2.16. The van der Waals surface area contributed by atoms with E-state index in [1.165, 1.54) is 19.3 Å². The number of rotatable bonds is 8. The smallest absolute Gasteiger partial charge is 0.311 e. The number of nitrogens with one attached hydrogen (secondary N) is 1. The van der Waals surface area contributed by atoms with Gasteiger partial charge < -0.3 is 4.74 Å². The van der Waals surface area contributed by atoms with E-state index in [0.29, 0.717) is 30.9 Å². The first-order chi connectivity index (χ1) is 14.2. The molecular weight excluding hydrogens is 364 g/mol. The summed E-state index contributed by atoms with van der Waals surface area (Å²) in [6, 6.07) is 16.9. The van der Waals surface area contributed by atoms with E-state index in [1.54, 1.807) is 30.5 Å². The summed E-state index contributed by atoms with van der Waals surface area (Å²) in [6.45, 7) is 0. The molecule has 0 aromatic heterocycles. The molecular formula is C24H28N2O3. The summed E-state index contributed by atoms with van der Waals surface area (Å²) in [7, 11) is 0. The molecule has 0 aliphatic heterocycles. The van der Waals surface area contributed by atoms with Gasteiger partial charge in [0.15, 0.2) is 0 Å². The van der Waals surface area contributed by atoms with Gasteiger partial charge in [-0.05, 0) is 60.6 Å². The third-order valence-corrected chi connectivity index (χ3v) is 5.17. The summed E-state index contributed by atoms with van der Waals surface area (Å²) in [5.74, 6) is 0.707. The first-order valence-corrected chi connectivity index (χ1v) is 10.4. The lowest BCUT2D eigenvalue weighted by Crippen LogP contribution is -2.22. The number of ether oxygens (including phenoxy) is 1. The second kappa shape index (κ2) is 11.1. The molecule has 0 atom stereocenters. The van der Waals surface area contributed by atoms with Crippen LogP contribution in [0.25, 0.3) is 0 Å². The van der Waals surface area contributed by atoms with Crippen molar-refractivity contribution in [2.75, 3.05) is 0 Å². The molecule has 1 N–H and O–H groups in total. The Morgan fingerprint density at radius 1 is 1.00 bits per heavy atom. The van der Waals surface area contributed by atoms with Gasteiger partial charge in [0.1, 0.15) is 5.75 Å². The number of benzene rings is 2. The predicted molar refractivity (Wildman–Crippen MR) is 114 cm³/mol. The molecule has 0 radical (unpaired) electrons. The summed E-state index contributed by atoms with van der Waals surface area (Å²) in [5.41, 5.74) is 4.54. The normalized spacial score (nSPS) is 14.6. The van der Waals surface area contributed by atoms with Crippen LogP contribution in [0.3, 0.4) is 0 Å². The van der Waals surface area contributed by atoms with Crippen molar-refractivity contribution in [3.63, 3.8) is 0 Å². The minimum Gasteiger partial charge on any atom is -0.427 e. The highest BCUT2D eigenvalue weighted by atomic mass is 16.5. The highest BCUT2D eigenvalue weighted by molar-refractivity contribution is 5.82. The standard InChI is InChI=1S/C24H28N2O3/c27-23(17-20-9-5-2-6-10-20)26-25-18-21-11-14-22(15-12-21)29-24(28)16-13-19-7-3-1-4-8-19/h1,3-4,7-8,11-12,14-15,18,20H,2,5-6,9-10,13,16-17H2,(H,26,27). The quantitative estimate of drug-likeness (QED) is 0.308. The molecule has 1 aliphatic rings. The molecule has 0 bridgehead atoms. The Hall–Kier alpha value is -2.95. The number of esters is 1. The molecule has 1 fully saturated rings. The van der Waals surface area contributed by atoms with E-state index in [1.807, 2.05) is 30.3 Å². The van der Waals surface area contributed by atoms with Crippen molar-refractivity contribution in [1.82, 2.24) is 5.43 Å². The number of hydrogen-bond donors (Lipinski definition) is 1. The van der Waals surface area contributed by atoms with Crippen molar-refractivity contribution in [2.24, 2.45) is 11.0 Å². The van der Waals surface area contributed by atoms with Gasteiger partial charge in [-0.2, -0.15) is 5.10 Å². The molecule has 0 spiro atoms. The van der Waals surface area contributed by atoms with Crippen LogP contribution in [0.2, 0.25) is 0 Å². The van der Waals surface area contributed by atoms with Crippen molar-refractivity contribution in [2.45, 2.75) is 51.4 Å². The van der Waals surface area contributed by atoms with Gasteiger partial charge in [-0.3, -0.25) is 9.59 Å².